The van der Waals surface area contributed by atoms with E-state index in [-0.39, 0.29) is 36.9 Å². The van der Waals surface area contributed by atoms with Crippen LogP contribution in [0.3, 0.4) is 0 Å². The fraction of sp³-hybridized carbons (Fsp3) is 0.333. The van der Waals surface area contributed by atoms with E-state index in [1.165, 1.54) is 0 Å². The van der Waals surface area contributed by atoms with E-state index in [4.69, 9.17) is 9.47 Å². The molecule has 1 aliphatic rings. The zero-order valence-corrected chi connectivity index (χ0v) is 17.1. The highest BCUT2D eigenvalue weighted by Gasteiger charge is 2.16. The van der Waals surface area contributed by atoms with Gasteiger partial charge in [-0.3, -0.25) is 9.59 Å². The molecular formula is C21H26ClN3O4. The number of nitrogens with one attached hydrogen (secondary N) is 3. The highest BCUT2D eigenvalue weighted by molar-refractivity contribution is 6.10. The molecule has 0 aromatic heterocycles. The van der Waals surface area contributed by atoms with Crippen molar-refractivity contribution in [2.75, 3.05) is 37.4 Å². The van der Waals surface area contributed by atoms with Crippen molar-refractivity contribution in [3.05, 3.63) is 54.1 Å². The molecule has 0 bridgehead atoms. The van der Waals surface area contributed by atoms with Gasteiger partial charge in [0.15, 0.2) is 0 Å². The maximum atomic E-state index is 12.7. The van der Waals surface area contributed by atoms with Crippen molar-refractivity contribution < 1.29 is 19.1 Å². The summed E-state index contributed by atoms with van der Waals surface area (Å²) < 4.78 is 10.7. The Morgan fingerprint density at radius 3 is 2.72 bits per heavy atom. The lowest BCUT2D eigenvalue weighted by molar-refractivity contribution is -0.115. The predicted octanol–water partition coefficient (Wildman–Crippen LogP) is 3.08. The van der Waals surface area contributed by atoms with Crippen LogP contribution in [-0.4, -0.2) is 44.7 Å². The average molecular weight is 420 g/mol. The number of amides is 2. The molecule has 1 saturated heterocycles. The van der Waals surface area contributed by atoms with E-state index in [1.54, 1.807) is 55.6 Å². The normalized spacial score (nSPS) is 15.3. The van der Waals surface area contributed by atoms with Crippen molar-refractivity contribution in [3.8, 4) is 5.75 Å². The van der Waals surface area contributed by atoms with Crippen LogP contribution in [-0.2, 0) is 9.53 Å². The number of para-hydroxylation sites is 1. The van der Waals surface area contributed by atoms with Gasteiger partial charge in [0.25, 0.3) is 5.91 Å². The van der Waals surface area contributed by atoms with Crippen LogP contribution >= 0.6 is 12.4 Å². The van der Waals surface area contributed by atoms with Gasteiger partial charge in [0.05, 0.1) is 31.0 Å². The summed E-state index contributed by atoms with van der Waals surface area (Å²) in [4.78, 5) is 24.9. The molecule has 0 radical (unpaired) electrons. The standard InChI is InChI=1S/C21H25N3O4.ClH/c1-27-16-7-4-6-15(12-16)23-21(26)18-9-2-3-10-19(18)24-20(25)14-22-13-17-8-5-11-28-17;/h2-4,6-7,9-10,12,17,22H,5,8,11,13-14H2,1H3,(H,23,26)(H,24,25);1H. The summed E-state index contributed by atoms with van der Waals surface area (Å²) in [5.41, 5.74) is 1.47. The first-order valence-corrected chi connectivity index (χ1v) is 9.32. The summed E-state index contributed by atoms with van der Waals surface area (Å²) in [5, 5.41) is 8.72. The van der Waals surface area contributed by atoms with Crippen molar-refractivity contribution in [3.63, 3.8) is 0 Å². The number of anilines is 2. The van der Waals surface area contributed by atoms with Crippen molar-refractivity contribution in [1.29, 1.82) is 0 Å². The van der Waals surface area contributed by atoms with E-state index in [0.717, 1.165) is 19.4 Å². The topological polar surface area (TPSA) is 88.7 Å². The minimum Gasteiger partial charge on any atom is -0.497 e. The number of hydrogen-bond acceptors (Lipinski definition) is 5. The zero-order chi connectivity index (χ0) is 19.8. The second-order valence-corrected chi connectivity index (χ2v) is 6.55. The minimum absolute atomic E-state index is 0. The Bertz CT molecular complexity index is 825. The number of methoxy groups -OCH3 is 1. The molecule has 3 rings (SSSR count). The average Bonchev–Trinajstić information content (AvgIpc) is 3.22. The number of carbonyl (C=O) groups excluding carboxylic acids is 2. The third-order valence-corrected chi connectivity index (χ3v) is 4.45. The Labute approximate surface area is 176 Å². The van der Waals surface area contributed by atoms with Gasteiger partial charge < -0.3 is 25.4 Å². The van der Waals surface area contributed by atoms with Crippen molar-refractivity contribution in [2.24, 2.45) is 0 Å². The Balaban J connectivity index is 0.00000300. The first-order valence-electron chi connectivity index (χ1n) is 9.32. The fourth-order valence-electron chi connectivity index (χ4n) is 3.04. The molecule has 1 heterocycles. The summed E-state index contributed by atoms with van der Waals surface area (Å²) in [6, 6.07) is 14.0. The van der Waals surface area contributed by atoms with Gasteiger partial charge in [0.2, 0.25) is 5.91 Å². The first kappa shape index (κ1) is 22.7. The van der Waals surface area contributed by atoms with Crippen LogP contribution < -0.4 is 20.7 Å². The number of carbonyl (C=O) groups is 2. The Morgan fingerprint density at radius 1 is 1.14 bits per heavy atom. The summed E-state index contributed by atoms with van der Waals surface area (Å²) in [7, 11) is 1.57. The van der Waals surface area contributed by atoms with Crippen LogP contribution in [0.1, 0.15) is 23.2 Å². The lowest BCUT2D eigenvalue weighted by atomic mass is 10.1. The molecule has 1 atom stereocenters. The van der Waals surface area contributed by atoms with E-state index in [9.17, 15) is 9.59 Å². The van der Waals surface area contributed by atoms with Crippen molar-refractivity contribution in [1.82, 2.24) is 5.32 Å². The van der Waals surface area contributed by atoms with Crippen LogP contribution in [0, 0.1) is 0 Å². The van der Waals surface area contributed by atoms with E-state index in [1.807, 2.05) is 0 Å². The molecule has 1 aliphatic heterocycles. The van der Waals surface area contributed by atoms with E-state index < -0.39 is 0 Å². The largest absolute Gasteiger partial charge is 0.497 e. The summed E-state index contributed by atoms with van der Waals surface area (Å²) >= 11 is 0. The van der Waals surface area contributed by atoms with Gasteiger partial charge in [-0.15, -0.1) is 12.4 Å². The van der Waals surface area contributed by atoms with Gasteiger partial charge in [-0.25, -0.2) is 0 Å². The Hall–Kier alpha value is -2.61. The van der Waals surface area contributed by atoms with Gasteiger partial charge in [0.1, 0.15) is 5.75 Å². The van der Waals surface area contributed by atoms with E-state index in [0.29, 0.717) is 29.2 Å². The zero-order valence-electron chi connectivity index (χ0n) is 16.3. The molecule has 2 aromatic rings. The van der Waals surface area contributed by atoms with Crippen LogP contribution in [0.15, 0.2) is 48.5 Å². The Morgan fingerprint density at radius 2 is 1.97 bits per heavy atom. The number of hydrogen-bond donors (Lipinski definition) is 3. The monoisotopic (exact) mass is 419 g/mol. The van der Waals surface area contributed by atoms with Crippen molar-refractivity contribution in [2.45, 2.75) is 18.9 Å². The molecule has 7 nitrogen and oxygen atoms in total. The molecule has 0 spiro atoms. The highest BCUT2D eigenvalue weighted by atomic mass is 35.5. The van der Waals surface area contributed by atoms with Gasteiger partial charge in [-0.2, -0.15) is 0 Å². The smallest absolute Gasteiger partial charge is 0.257 e. The molecular weight excluding hydrogens is 394 g/mol. The van der Waals surface area contributed by atoms with Gasteiger partial charge >= 0.3 is 0 Å². The summed E-state index contributed by atoms with van der Waals surface area (Å²) in [5.74, 6) is 0.132. The molecule has 1 unspecified atom stereocenters. The number of benzene rings is 2. The van der Waals surface area contributed by atoms with E-state index >= 15 is 0 Å². The molecule has 156 valence electrons. The number of halogens is 1. The van der Waals surface area contributed by atoms with Crippen LogP contribution in [0.2, 0.25) is 0 Å². The van der Waals surface area contributed by atoms with Gasteiger partial charge in [-0.05, 0) is 37.1 Å². The van der Waals surface area contributed by atoms with Crippen LogP contribution in [0.4, 0.5) is 11.4 Å². The maximum absolute atomic E-state index is 12.7. The fourth-order valence-corrected chi connectivity index (χ4v) is 3.04. The molecule has 3 N–H and O–H groups in total. The number of rotatable bonds is 8. The van der Waals surface area contributed by atoms with Crippen LogP contribution in [0.5, 0.6) is 5.75 Å². The third kappa shape index (κ3) is 6.74. The maximum Gasteiger partial charge on any atom is 0.257 e. The molecule has 2 amide bonds. The second kappa shape index (κ2) is 11.4. The van der Waals surface area contributed by atoms with Crippen LogP contribution in [0.25, 0.3) is 0 Å². The summed E-state index contributed by atoms with van der Waals surface area (Å²) in [6.07, 6.45) is 2.25. The molecule has 1 fully saturated rings. The lowest BCUT2D eigenvalue weighted by Gasteiger charge is -2.13. The predicted molar refractivity (Wildman–Crippen MR) is 115 cm³/mol. The van der Waals surface area contributed by atoms with Gasteiger partial charge in [0, 0.05) is 24.9 Å². The molecule has 29 heavy (non-hydrogen) atoms. The Kier molecular flexibility index (Phi) is 8.92. The lowest BCUT2D eigenvalue weighted by Crippen LogP contribution is -2.34. The quantitative estimate of drug-likeness (QED) is 0.612. The van der Waals surface area contributed by atoms with Gasteiger partial charge in [-0.1, -0.05) is 18.2 Å². The third-order valence-electron chi connectivity index (χ3n) is 4.45. The molecule has 0 saturated carbocycles. The highest BCUT2D eigenvalue weighted by Crippen LogP contribution is 2.20. The molecule has 0 aliphatic carbocycles. The minimum atomic E-state index is -0.309. The van der Waals surface area contributed by atoms with Crippen molar-refractivity contribution >= 4 is 35.6 Å². The molecule has 8 heteroatoms. The van der Waals surface area contributed by atoms with E-state index in [2.05, 4.69) is 16.0 Å². The first-order chi connectivity index (χ1) is 13.7. The second-order valence-electron chi connectivity index (χ2n) is 6.55. The molecule has 2 aromatic carbocycles. The summed E-state index contributed by atoms with van der Waals surface area (Å²) in [6.45, 7) is 1.59. The SMILES string of the molecule is COc1cccc(NC(=O)c2ccccc2NC(=O)CNCC2CCCO2)c1.Cl. The number of ether oxygens (including phenoxy) is 2.